The summed E-state index contributed by atoms with van der Waals surface area (Å²) in [5.41, 5.74) is -0.475. The van der Waals surface area contributed by atoms with Gasteiger partial charge in [-0.25, -0.2) is 4.79 Å². The molecule has 0 unspecified atom stereocenters. The van der Waals surface area contributed by atoms with E-state index in [0.717, 1.165) is 6.07 Å². The zero-order valence-electron chi connectivity index (χ0n) is 13.8. The summed E-state index contributed by atoms with van der Waals surface area (Å²) < 4.78 is 19.7. The van der Waals surface area contributed by atoms with Gasteiger partial charge in [0.25, 0.3) is 5.79 Å². The molecule has 142 valence electrons. The van der Waals surface area contributed by atoms with Gasteiger partial charge >= 0.3 is 12.0 Å². The molecule has 0 saturated heterocycles. The molecule has 5 N–H and O–H groups in total. The van der Waals surface area contributed by atoms with E-state index >= 15 is 0 Å². The van der Waals surface area contributed by atoms with Gasteiger partial charge in [0.1, 0.15) is 18.1 Å². The van der Waals surface area contributed by atoms with Crippen molar-refractivity contribution in [1.29, 1.82) is 0 Å². The number of carbonyl (C=O) groups is 1. The topological polar surface area (TPSA) is 147 Å². The van der Waals surface area contributed by atoms with Crippen LogP contribution in [0.15, 0.2) is 16.6 Å². The van der Waals surface area contributed by atoms with Crippen LogP contribution in [0.5, 0.6) is 11.5 Å². The second kappa shape index (κ2) is 8.65. The number of ether oxygens (including phenoxy) is 4. The van der Waals surface area contributed by atoms with Crippen LogP contribution in [0.1, 0.15) is 5.56 Å². The zero-order chi connectivity index (χ0) is 19.3. The fourth-order valence-electron chi connectivity index (χ4n) is 1.80. The van der Waals surface area contributed by atoms with E-state index in [9.17, 15) is 25.2 Å². The standard InChI is InChI=1S/C14H20BrNO9/c1-22-4-5-25-12(17)16-14(20,21)13(18,19)8-6-11(24-3)9(15)7-10(8)23-2/h6-7,18-21H,4-5H2,1-3H3,(H,16,17). The summed E-state index contributed by atoms with van der Waals surface area (Å²) in [5.74, 6) is -6.84. The average molecular weight is 426 g/mol. The Kier molecular flexibility index (Phi) is 7.41. The lowest BCUT2D eigenvalue weighted by Gasteiger charge is -2.35. The third-order valence-electron chi connectivity index (χ3n) is 3.13. The maximum absolute atomic E-state index is 11.5. The van der Waals surface area contributed by atoms with E-state index < -0.39 is 23.4 Å². The molecular formula is C14H20BrNO9. The van der Waals surface area contributed by atoms with Crippen molar-refractivity contribution in [2.24, 2.45) is 0 Å². The number of hydrogen-bond donors (Lipinski definition) is 5. The molecule has 1 aromatic rings. The normalized spacial score (nSPS) is 11.8. The summed E-state index contributed by atoms with van der Waals surface area (Å²) in [4.78, 5) is 11.5. The quantitative estimate of drug-likeness (QED) is 0.277. The second-order valence-corrected chi connectivity index (χ2v) is 5.64. The third kappa shape index (κ3) is 4.93. The highest BCUT2D eigenvalue weighted by Crippen LogP contribution is 2.40. The number of alkyl carbamates (subject to hydrolysis) is 1. The maximum atomic E-state index is 11.5. The molecule has 0 saturated carbocycles. The van der Waals surface area contributed by atoms with Crippen molar-refractivity contribution in [2.75, 3.05) is 34.5 Å². The Hall–Kier alpha value is -1.63. The number of hydrogen-bond acceptors (Lipinski definition) is 9. The number of amides is 1. The van der Waals surface area contributed by atoms with Crippen LogP contribution >= 0.6 is 15.9 Å². The summed E-state index contributed by atoms with van der Waals surface area (Å²) in [7, 11) is 3.93. The monoisotopic (exact) mass is 425 g/mol. The molecule has 11 heteroatoms. The van der Waals surface area contributed by atoms with Gasteiger partial charge in [0.05, 0.1) is 30.9 Å². The van der Waals surface area contributed by atoms with E-state index in [1.807, 2.05) is 0 Å². The van der Waals surface area contributed by atoms with Crippen LogP contribution < -0.4 is 14.8 Å². The minimum atomic E-state index is -3.51. The molecule has 1 amide bonds. The Morgan fingerprint density at radius 3 is 2.20 bits per heavy atom. The van der Waals surface area contributed by atoms with Crippen molar-refractivity contribution in [1.82, 2.24) is 5.32 Å². The summed E-state index contributed by atoms with van der Waals surface area (Å²) in [6, 6.07) is 2.42. The van der Waals surface area contributed by atoms with Crippen LogP contribution in [0, 0.1) is 0 Å². The van der Waals surface area contributed by atoms with Gasteiger partial charge in [-0.15, -0.1) is 0 Å². The van der Waals surface area contributed by atoms with Gasteiger partial charge < -0.3 is 39.4 Å². The van der Waals surface area contributed by atoms with Crippen molar-refractivity contribution in [2.45, 2.75) is 11.7 Å². The van der Waals surface area contributed by atoms with E-state index in [4.69, 9.17) is 9.47 Å². The summed E-state index contributed by atoms with van der Waals surface area (Å²) in [6.45, 7) is -0.115. The molecule has 0 aliphatic rings. The van der Waals surface area contributed by atoms with E-state index in [1.165, 1.54) is 27.4 Å². The van der Waals surface area contributed by atoms with E-state index in [-0.39, 0.29) is 24.7 Å². The van der Waals surface area contributed by atoms with Crippen LogP contribution in [0.4, 0.5) is 4.79 Å². The fourth-order valence-corrected chi connectivity index (χ4v) is 2.29. The first kappa shape index (κ1) is 21.4. The van der Waals surface area contributed by atoms with Gasteiger partial charge in [-0.3, -0.25) is 5.32 Å². The predicted octanol–water partition coefficient (Wildman–Crippen LogP) is -0.385. The van der Waals surface area contributed by atoms with Crippen molar-refractivity contribution < 1.29 is 44.2 Å². The number of carbonyl (C=O) groups excluding carboxylic acids is 1. The van der Waals surface area contributed by atoms with Crippen molar-refractivity contribution >= 4 is 22.0 Å². The van der Waals surface area contributed by atoms with Crippen LogP contribution in [0.2, 0.25) is 0 Å². The minimum absolute atomic E-state index is 0.0679. The molecule has 0 fully saturated rings. The molecule has 0 radical (unpaired) electrons. The van der Waals surface area contributed by atoms with Gasteiger partial charge in [0.2, 0.25) is 0 Å². The lowest BCUT2D eigenvalue weighted by atomic mass is 10.0. The first-order valence-electron chi connectivity index (χ1n) is 6.86. The molecule has 0 aromatic heterocycles. The van der Waals surface area contributed by atoms with Gasteiger partial charge in [-0.2, -0.15) is 0 Å². The van der Waals surface area contributed by atoms with Gasteiger partial charge in [0.15, 0.2) is 0 Å². The Balaban J connectivity index is 3.14. The molecule has 0 aliphatic carbocycles. The SMILES string of the molecule is COCCOC(=O)NC(O)(O)C(O)(O)c1cc(OC)c(Br)cc1OC. The van der Waals surface area contributed by atoms with Crippen LogP contribution in [-0.4, -0.2) is 67.0 Å². The molecule has 1 rings (SSSR count). The molecule has 25 heavy (non-hydrogen) atoms. The van der Waals surface area contributed by atoms with E-state index in [0.29, 0.717) is 4.47 Å². The third-order valence-corrected chi connectivity index (χ3v) is 3.75. The number of methoxy groups -OCH3 is 3. The summed E-state index contributed by atoms with van der Waals surface area (Å²) >= 11 is 3.18. The number of nitrogens with one attached hydrogen (secondary N) is 1. The van der Waals surface area contributed by atoms with E-state index in [1.54, 1.807) is 5.32 Å². The fraction of sp³-hybridized carbons (Fsp3) is 0.500. The first-order valence-corrected chi connectivity index (χ1v) is 7.65. The molecule has 0 bridgehead atoms. The number of halogens is 1. The molecule has 0 heterocycles. The van der Waals surface area contributed by atoms with E-state index in [2.05, 4.69) is 25.4 Å². The Bertz CT molecular complexity index is 606. The van der Waals surface area contributed by atoms with Crippen molar-refractivity contribution in [3.63, 3.8) is 0 Å². The average Bonchev–Trinajstić information content (AvgIpc) is 2.53. The van der Waals surface area contributed by atoms with Crippen LogP contribution in [-0.2, 0) is 15.3 Å². The van der Waals surface area contributed by atoms with Gasteiger partial charge in [-0.1, -0.05) is 0 Å². The smallest absolute Gasteiger partial charge is 0.411 e. The highest BCUT2D eigenvalue weighted by atomic mass is 79.9. The Morgan fingerprint density at radius 2 is 1.68 bits per heavy atom. The summed E-state index contributed by atoms with van der Waals surface area (Å²) in [6.07, 6.45) is -1.31. The molecular weight excluding hydrogens is 406 g/mol. The number of benzene rings is 1. The van der Waals surface area contributed by atoms with Crippen LogP contribution in [0.25, 0.3) is 0 Å². The highest BCUT2D eigenvalue weighted by Gasteiger charge is 2.52. The lowest BCUT2D eigenvalue weighted by Crippen LogP contribution is -2.63. The summed E-state index contributed by atoms with van der Waals surface area (Å²) in [5, 5.41) is 42.0. The lowest BCUT2D eigenvalue weighted by molar-refractivity contribution is -0.375. The highest BCUT2D eigenvalue weighted by molar-refractivity contribution is 9.10. The first-order chi connectivity index (χ1) is 11.6. The molecule has 10 nitrogen and oxygen atoms in total. The molecule has 0 spiro atoms. The van der Waals surface area contributed by atoms with Crippen LogP contribution in [0.3, 0.4) is 0 Å². The second-order valence-electron chi connectivity index (χ2n) is 4.79. The van der Waals surface area contributed by atoms with Gasteiger partial charge in [0, 0.05) is 7.11 Å². The van der Waals surface area contributed by atoms with Gasteiger partial charge in [-0.05, 0) is 28.1 Å². The number of aliphatic hydroxyl groups is 4. The zero-order valence-corrected chi connectivity index (χ0v) is 15.4. The molecule has 0 atom stereocenters. The maximum Gasteiger partial charge on any atom is 0.411 e. The van der Waals surface area contributed by atoms with Crippen molar-refractivity contribution in [3.05, 3.63) is 22.2 Å². The Morgan fingerprint density at radius 1 is 1.08 bits per heavy atom. The molecule has 0 aliphatic heterocycles. The van der Waals surface area contributed by atoms with Crippen molar-refractivity contribution in [3.8, 4) is 11.5 Å². The predicted molar refractivity (Wildman–Crippen MR) is 86.9 cm³/mol. The number of rotatable bonds is 8. The molecule has 1 aromatic carbocycles. The largest absolute Gasteiger partial charge is 0.496 e. The Labute approximate surface area is 152 Å². The minimum Gasteiger partial charge on any atom is -0.496 e.